The molecule has 0 aliphatic heterocycles. The Balaban J connectivity index is 1.65. The minimum Gasteiger partial charge on any atom is -0.497 e. The zero-order chi connectivity index (χ0) is 15.8. The molecule has 1 heterocycles. The van der Waals surface area contributed by atoms with Gasteiger partial charge in [0.2, 0.25) is 5.91 Å². The second kappa shape index (κ2) is 8.56. The molecular weight excluding hydrogens is 298 g/mol. The molecule has 118 valence electrons. The molecule has 22 heavy (non-hydrogen) atoms. The first-order valence-electron chi connectivity index (χ1n) is 7.30. The lowest BCUT2D eigenvalue weighted by molar-refractivity contribution is -0.121. The van der Waals surface area contributed by atoms with Crippen molar-refractivity contribution in [3.8, 4) is 5.75 Å². The summed E-state index contributed by atoms with van der Waals surface area (Å²) in [5.41, 5.74) is 1.11. The third-order valence-corrected chi connectivity index (χ3v) is 4.38. The van der Waals surface area contributed by atoms with E-state index in [2.05, 4.69) is 5.32 Å². The Labute approximate surface area is 134 Å². The second-order valence-electron chi connectivity index (χ2n) is 5.02. The van der Waals surface area contributed by atoms with Crippen LogP contribution in [0, 0.1) is 0 Å². The molecule has 0 fully saturated rings. The van der Waals surface area contributed by atoms with Crippen molar-refractivity contribution in [2.75, 3.05) is 13.7 Å². The van der Waals surface area contributed by atoms with Crippen molar-refractivity contribution in [1.29, 1.82) is 0 Å². The van der Waals surface area contributed by atoms with Gasteiger partial charge in [-0.05, 0) is 42.0 Å². The van der Waals surface area contributed by atoms with Crippen LogP contribution in [0.4, 0.5) is 0 Å². The van der Waals surface area contributed by atoms with Crippen LogP contribution in [0.25, 0.3) is 0 Å². The molecular formula is C17H21NO3S. The standard InChI is InChI=1S/C17H21NO3S/c1-21-14-7-4-13(5-8-14)6-9-17(20)18-11-10-15(19)16-3-2-12-22-16/h2-5,7-8,12,15,19H,6,9-11H2,1H3,(H,18,20). The molecule has 0 aliphatic carbocycles. The van der Waals surface area contributed by atoms with Gasteiger partial charge in [-0.2, -0.15) is 0 Å². The number of ether oxygens (including phenoxy) is 1. The summed E-state index contributed by atoms with van der Waals surface area (Å²) in [6.07, 6.45) is 1.18. The second-order valence-corrected chi connectivity index (χ2v) is 6.00. The van der Waals surface area contributed by atoms with Crippen LogP contribution in [0.3, 0.4) is 0 Å². The zero-order valence-corrected chi connectivity index (χ0v) is 13.4. The van der Waals surface area contributed by atoms with Crippen molar-refractivity contribution < 1.29 is 14.6 Å². The van der Waals surface area contributed by atoms with E-state index in [1.807, 2.05) is 41.8 Å². The van der Waals surface area contributed by atoms with Crippen LogP contribution >= 0.6 is 11.3 Å². The Kier molecular flexibility index (Phi) is 6.43. The highest BCUT2D eigenvalue weighted by Gasteiger charge is 2.09. The first-order valence-corrected chi connectivity index (χ1v) is 8.18. The van der Waals surface area contributed by atoms with Gasteiger partial charge in [0, 0.05) is 17.8 Å². The van der Waals surface area contributed by atoms with Gasteiger partial charge in [-0.1, -0.05) is 18.2 Å². The Hall–Kier alpha value is -1.85. The van der Waals surface area contributed by atoms with E-state index in [0.29, 0.717) is 25.8 Å². The van der Waals surface area contributed by atoms with E-state index >= 15 is 0 Å². The average molecular weight is 319 g/mol. The summed E-state index contributed by atoms with van der Waals surface area (Å²) in [5, 5.41) is 14.7. The third kappa shape index (κ3) is 5.16. The maximum atomic E-state index is 11.8. The van der Waals surface area contributed by atoms with Gasteiger partial charge in [0.05, 0.1) is 13.2 Å². The number of hydrogen-bond acceptors (Lipinski definition) is 4. The fourth-order valence-corrected chi connectivity index (χ4v) is 2.86. The summed E-state index contributed by atoms with van der Waals surface area (Å²) in [6, 6.07) is 11.5. The number of hydrogen-bond donors (Lipinski definition) is 2. The van der Waals surface area contributed by atoms with Gasteiger partial charge < -0.3 is 15.2 Å². The summed E-state index contributed by atoms with van der Waals surface area (Å²) in [6.45, 7) is 0.487. The van der Waals surface area contributed by atoms with Crippen molar-refractivity contribution in [3.05, 3.63) is 52.2 Å². The average Bonchev–Trinajstić information content (AvgIpc) is 3.08. The third-order valence-electron chi connectivity index (χ3n) is 3.41. The summed E-state index contributed by atoms with van der Waals surface area (Å²) in [7, 11) is 1.63. The molecule has 4 nitrogen and oxygen atoms in total. The molecule has 1 atom stereocenters. The maximum Gasteiger partial charge on any atom is 0.220 e. The number of aliphatic hydroxyl groups is 1. The van der Waals surface area contributed by atoms with E-state index in [9.17, 15) is 9.90 Å². The molecule has 0 aliphatic rings. The first-order chi connectivity index (χ1) is 10.7. The van der Waals surface area contributed by atoms with Crippen molar-refractivity contribution in [3.63, 3.8) is 0 Å². The van der Waals surface area contributed by atoms with Crippen LogP contribution in [0.15, 0.2) is 41.8 Å². The highest BCUT2D eigenvalue weighted by molar-refractivity contribution is 7.10. The van der Waals surface area contributed by atoms with Gasteiger partial charge in [-0.25, -0.2) is 0 Å². The molecule has 0 saturated carbocycles. The molecule has 2 aromatic rings. The molecule has 1 aromatic carbocycles. The number of thiophene rings is 1. The van der Waals surface area contributed by atoms with Gasteiger partial charge in [-0.15, -0.1) is 11.3 Å². The summed E-state index contributed by atoms with van der Waals surface area (Å²) < 4.78 is 5.10. The fraction of sp³-hybridized carbons (Fsp3) is 0.353. The van der Waals surface area contributed by atoms with E-state index < -0.39 is 6.10 Å². The molecule has 1 aromatic heterocycles. The van der Waals surface area contributed by atoms with Gasteiger partial charge >= 0.3 is 0 Å². The van der Waals surface area contributed by atoms with Crippen LogP contribution in [-0.4, -0.2) is 24.7 Å². The Morgan fingerprint density at radius 2 is 2.09 bits per heavy atom. The van der Waals surface area contributed by atoms with E-state index in [1.54, 1.807) is 7.11 Å². The topological polar surface area (TPSA) is 58.6 Å². The minimum absolute atomic E-state index is 0.00852. The predicted octanol–water partition coefficient (Wildman–Crippen LogP) is 2.93. The number of aryl methyl sites for hydroxylation is 1. The SMILES string of the molecule is COc1ccc(CCC(=O)NCCC(O)c2cccs2)cc1. The Bertz CT molecular complexity index is 566. The molecule has 0 saturated heterocycles. The molecule has 5 heteroatoms. The fourth-order valence-electron chi connectivity index (χ4n) is 2.11. The molecule has 0 bridgehead atoms. The Morgan fingerprint density at radius 3 is 2.73 bits per heavy atom. The summed E-state index contributed by atoms with van der Waals surface area (Å²) in [4.78, 5) is 12.7. The number of methoxy groups -OCH3 is 1. The molecule has 0 radical (unpaired) electrons. The van der Waals surface area contributed by atoms with E-state index in [1.165, 1.54) is 11.3 Å². The molecule has 2 N–H and O–H groups in total. The van der Waals surface area contributed by atoms with Crippen LogP contribution < -0.4 is 10.1 Å². The summed E-state index contributed by atoms with van der Waals surface area (Å²) >= 11 is 1.53. The van der Waals surface area contributed by atoms with Gasteiger partial charge in [-0.3, -0.25) is 4.79 Å². The monoisotopic (exact) mass is 319 g/mol. The number of benzene rings is 1. The normalized spacial score (nSPS) is 11.9. The maximum absolute atomic E-state index is 11.8. The Morgan fingerprint density at radius 1 is 1.32 bits per heavy atom. The van der Waals surface area contributed by atoms with Gasteiger partial charge in [0.1, 0.15) is 5.75 Å². The van der Waals surface area contributed by atoms with Crippen LogP contribution in [-0.2, 0) is 11.2 Å². The van der Waals surface area contributed by atoms with Crippen LogP contribution in [0.2, 0.25) is 0 Å². The highest BCUT2D eigenvalue weighted by Crippen LogP contribution is 2.20. The largest absolute Gasteiger partial charge is 0.497 e. The van der Waals surface area contributed by atoms with Crippen molar-refractivity contribution in [2.45, 2.75) is 25.4 Å². The lowest BCUT2D eigenvalue weighted by Gasteiger charge is -2.09. The van der Waals surface area contributed by atoms with E-state index in [4.69, 9.17) is 4.74 Å². The molecule has 1 unspecified atom stereocenters. The van der Waals surface area contributed by atoms with Gasteiger partial charge in [0.25, 0.3) is 0 Å². The molecule has 2 rings (SSSR count). The number of amides is 1. The smallest absolute Gasteiger partial charge is 0.220 e. The lowest BCUT2D eigenvalue weighted by Crippen LogP contribution is -2.25. The predicted molar refractivity (Wildman–Crippen MR) is 88.2 cm³/mol. The van der Waals surface area contributed by atoms with E-state index in [0.717, 1.165) is 16.2 Å². The molecule has 1 amide bonds. The first kappa shape index (κ1) is 16.5. The quantitative estimate of drug-likeness (QED) is 0.786. The van der Waals surface area contributed by atoms with Crippen molar-refractivity contribution in [1.82, 2.24) is 5.32 Å². The number of carbonyl (C=O) groups is 1. The van der Waals surface area contributed by atoms with Crippen LogP contribution in [0.1, 0.15) is 29.4 Å². The number of carbonyl (C=O) groups excluding carboxylic acids is 1. The number of aliphatic hydroxyl groups excluding tert-OH is 1. The summed E-state index contributed by atoms with van der Waals surface area (Å²) in [5.74, 6) is 0.824. The van der Waals surface area contributed by atoms with Gasteiger partial charge in [0.15, 0.2) is 0 Å². The van der Waals surface area contributed by atoms with Crippen molar-refractivity contribution >= 4 is 17.2 Å². The minimum atomic E-state index is -0.498. The van der Waals surface area contributed by atoms with E-state index in [-0.39, 0.29) is 5.91 Å². The lowest BCUT2D eigenvalue weighted by atomic mass is 10.1. The molecule has 0 spiro atoms. The number of rotatable bonds is 8. The highest BCUT2D eigenvalue weighted by atomic mass is 32.1. The van der Waals surface area contributed by atoms with Crippen LogP contribution in [0.5, 0.6) is 5.75 Å². The number of nitrogens with one attached hydrogen (secondary N) is 1. The van der Waals surface area contributed by atoms with Crippen molar-refractivity contribution in [2.24, 2.45) is 0 Å². The zero-order valence-electron chi connectivity index (χ0n) is 12.6.